The molecular formula is C19H17NO6. The Kier molecular flexibility index (Phi) is 4.88. The average molecular weight is 355 g/mol. The highest BCUT2D eigenvalue weighted by atomic mass is 16.5. The molecule has 0 aliphatic carbocycles. The molecule has 2 heterocycles. The van der Waals surface area contributed by atoms with E-state index >= 15 is 0 Å². The summed E-state index contributed by atoms with van der Waals surface area (Å²) in [5.74, 6) is 0.770. The molecule has 0 atom stereocenters. The van der Waals surface area contributed by atoms with E-state index in [1.54, 1.807) is 27.0 Å². The van der Waals surface area contributed by atoms with Gasteiger partial charge in [0.15, 0.2) is 12.4 Å². The monoisotopic (exact) mass is 355 g/mol. The Hall–Kier alpha value is -3.35. The number of esters is 1. The number of hydrogen-bond donors (Lipinski definition) is 0. The second kappa shape index (κ2) is 7.26. The van der Waals surface area contributed by atoms with E-state index in [0.29, 0.717) is 17.0 Å². The van der Waals surface area contributed by atoms with Gasteiger partial charge in [-0.2, -0.15) is 0 Å². The summed E-state index contributed by atoms with van der Waals surface area (Å²) >= 11 is 0. The lowest BCUT2D eigenvalue weighted by atomic mass is 10.1. The molecule has 0 N–H and O–H groups in total. The number of aromatic nitrogens is 1. The Balaban J connectivity index is 1.70. The van der Waals surface area contributed by atoms with Gasteiger partial charge in [0.1, 0.15) is 22.8 Å². The van der Waals surface area contributed by atoms with Gasteiger partial charge in [0.2, 0.25) is 0 Å². The number of rotatable bonds is 5. The van der Waals surface area contributed by atoms with Gasteiger partial charge >= 0.3 is 11.6 Å². The quantitative estimate of drug-likeness (QED) is 0.649. The first-order chi connectivity index (χ1) is 12.5. The predicted molar refractivity (Wildman–Crippen MR) is 92.1 cm³/mol. The molecular weight excluding hydrogens is 338 g/mol. The van der Waals surface area contributed by atoms with E-state index in [4.69, 9.17) is 18.4 Å². The molecule has 3 rings (SSSR count). The molecule has 0 saturated heterocycles. The van der Waals surface area contributed by atoms with E-state index in [1.807, 2.05) is 24.3 Å². The summed E-state index contributed by atoms with van der Waals surface area (Å²) in [6.45, 7) is 3.11. The zero-order valence-electron chi connectivity index (χ0n) is 14.6. The highest BCUT2D eigenvalue weighted by Crippen LogP contribution is 2.22. The molecule has 26 heavy (non-hydrogen) atoms. The fourth-order valence-corrected chi connectivity index (χ4v) is 2.55. The number of carbonyl (C=O) groups is 1. The van der Waals surface area contributed by atoms with Crippen LogP contribution in [0.15, 0.2) is 50.1 Å². The number of ether oxygens (including phenoxy) is 2. The van der Waals surface area contributed by atoms with Gasteiger partial charge in [-0.05, 0) is 43.7 Å². The molecule has 3 aromatic rings. The standard InChI is InChI=1S/C19H17NO6/c1-11-8-17(21)25-12(2)18(11)19(22)24-10-15-9-16(20-26-15)13-4-6-14(23-3)7-5-13/h4-9H,10H2,1-3H3. The Morgan fingerprint density at radius 1 is 1.15 bits per heavy atom. The van der Waals surface area contributed by atoms with E-state index in [2.05, 4.69) is 5.16 Å². The van der Waals surface area contributed by atoms with Crippen LogP contribution >= 0.6 is 0 Å². The van der Waals surface area contributed by atoms with Crippen LogP contribution < -0.4 is 10.4 Å². The molecule has 2 aromatic heterocycles. The van der Waals surface area contributed by atoms with Gasteiger partial charge in [0.25, 0.3) is 0 Å². The first kappa shape index (κ1) is 17.5. The van der Waals surface area contributed by atoms with Gasteiger partial charge in [-0.15, -0.1) is 0 Å². The molecule has 0 aliphatic rings. The van der Waals surface area contributed by atoms with Gasteiger partial charge in [0, 0.05) is 17.7 Å². The Bertz CT molecular complexity index is 958. The molecule has 0 fully saturated rings. The third-order valence-corrected chi connectivity index (χ3v) is 3.83. The zero-order valence-corrected chi connectivity index (χ0v) is 14.6. The van der Waals surface area contributed by atoms with Crippen molar-refractivity contribution in [3.8, 4) is 17.0 Å². The van der Waals surface area contributed by atoms with Crippen LogP contribution in [-0.2, 0) is 11.3 Å². The Labute approximate surface area is 149 Å². The maximum Gasteiger partial charge on any atom is 0.342 e. The van der Waals surface area contributed by atoms with Crippen LogP contribution in [-0.4, -0.2) is 18.2 Å². The molecule has 0 amide bonds. The zero-order chi connectivity index (χ0) is 18.7. The van der Waals surface area contributed by atoms with E-state index < -0.39 is 11.6 Å². The molecule has 0 aliphatic heterocycles. The smallest absolute Gasteiger partial charge is 0.342 e. The van der Waals surface area contributed by atoms with Crippen molar-refractivity contribution in [3.05, 3.63) is 69.5 Å². The van der Waals surface area contributed by atoms with Crippen LogP contribution in [0.2, 0.25) is 0 Å². The third kappa shape index (κ3) is 3.66. The maximum absolute atomic E-state index is 12.3. The minimum atomic E-state index is -0.592. The highest BCUT2D eigenvalue weighted by Gasteiger charge is 2.18. The number of nitrogens with zero attached hydrogens (tertiary/aromatic N) is 1. The van der Waals surface area contributed by atoms with Crippen LogP contribution in [0.25, 0.3) is 11.3 Å². The molecule has 134 valence electrons. The fraction of sp³-hybridized carbons (Fsp3) is 0.211. The summed E-state index contributed by atoms with van der Waals surface area (Å²) in [4.78, 5) is 23.6. The van der Waals surface area contributed by atoms with Gasteiger partial charge < -0.3 is 18.4 Å². The summed E-state index contributed by atoms with van der Waals surface area (Å²) in [5, 5.41) is 3.97. The van der Waals surface area contributed by atoms with Crippen LogP contribution in [0.4, 0.5) is 0 Å². The first-order valence-corrected chi connectivity index (χ1v) is 7.86. The minimum Gasteiger partial charge on any atom is -0.497 e. The lowest BCUT2D eigenvalue weighted by Crippen LogP contribution is -2.12. The van der Waals surface area contributed by atoms with Crippen molar-refractivity contribution in [2.45, 2.75) is 20.5 Å². The van der Waals surface area contributed by atoms with Crippen molar-refractivity contribution in [2.75, 3.05) is 7.11 Å². The second-order valence-corrected chi connectivity index (χ2v) is 5.66. The molecule has 0 bridgehead atoms. The lowest BCUT2D eigenvalue weighted by molar-refractivity contribution is 0.0432. The van der Waals surface area contributed by atoms with Gasteiger partial charge in [0.05, 0.1) is 7.11 Å². The summed E-state index contributed by atoms with van der Waals surface area (Å²) in [5.41, 5.74) is 1.70. The SMILES string of the molecule is COc1ccc(-c2cc(COC(=O)c3c(C)cc(=O)oc3C)on2)cc1. The summed E-state index contributed by atoms with van der Waals surface area (Å²) in [6, 6.07) is 10.3. The Morgan fingerprint density at radius 2 is 1.88 bits per heavy atom. The maximum atomic E-state index is 12.3. The van der Waals surface area contributed by atoms with Crippen molar-refractivity contribution in [1.82, 2.24) is 5.16 Å². The summed E-state index contributed by atoms with van der Waals surface area (Å²) in [6.07, 6.45) is 0. The number of hydrogen-bond acceptors (Lipinski definition) is 7. The van der Waals surface area contributed by atoms with Crippen molar-refractivity contribution in [2.24, 2.45) is 0 Å². The number of methoxy groups -OCH3 is 1. The van der Waals surface area contributed by atoms with Crippen molar-refractivity contribution in [1.29, 1.82) is 0 Å². The number of carbonyl (C=O) groups excluding carboxylic acids is 1. The van der Waals surface area contributed by atoms with Gasteiger partial charge in [-0.25, -0.2) is 9.59 Å². The van der Waals surface area contributed by atoms with Crippen molar-refractivity contribution < 1.29 is 23.2 Å². The topological polar surface area (TPSA) is 91.8 Å². The van der Waals surface area contributed by atoms with E-state index in [9.17, 15) is 9.59 Å². The predicted octanol–water partition coefficient (Wildman–Crippen LogP) is 3.28. The largest absolute Gasteiger partial charge is 0.497 e. The van der Waals surface area contributed by atoms with Crippen LogP contribution in [0.3, 0.4) is 0 Å². The molecule has 7 nitrogen and oxygen atoms in total. The lowest BCUT2D eigenvalue weighted by Gasteiger charge is -2.06. The van der Waals surface area contributed by atoms with E-state index in [0.717, 1.165) is 11.3 Å². The van der Waals surface area contributed by atoms with Crippen molar-refractivity contribution in [3.63, 3.8) is 0 Å². The third-order valence-electron chi connectivity index (χ3n) is 3.83. The normalized spacial score (nSPS) is 10.6. The summed E-state index contributed by atoms with van der Waals surface area (Å²) < 4.78 is 20.5. The fourth-order valence-electron chi connectivity index (χ4n) is 2.55. The number of benzene rings is 1. The Morgan fingerprint density at radius 3 is 2.54 bits per heavy atom. The molecule has 0 saturated carbocycles. The van der Waals surface area contributed by atoms with Crippen LogP contribution in [0.1, 0.15) is 27.4 Å². The molecule has 0 spiro atoms. The molecule has 1 aromatic carbocycles. The number of aryl methyl sites for hydroxylation is 2. The van der Waals surface area contributed by atoms with E-state index in [1.165, 1.54) is 6.07 Å². The van der Waals surface area contributed by atoms with Crippen LogP contribution in [0, 0.1) is 13.8 Å². The second-order valence-electron chi connectivity index (χ2n) is 5.66. The highest BCUT2D eigenvalue weighted by molar-refractivity contribution is 5.91. The van der Waals surface area contributed by atoms with Crippen LogP contribution in [0.5, 0.6) is 5.75 Å². The minimum absolute atomic E-state index is 0.0833. The molecule has 0 radical (unpaired) electrons. The molecule has 0 unspecified atom stereocenters. The van der Waals surface area contributed by atoms with E-state index in [-0.39, 0.29) is 17.9 Å². The van der Waals surface area contributed by atoms with Crippen molar-refractivity contribution >= 4 is 5.97 Å². The van der Waals surface area contributed by atoms with Gasteiger partial charge in [-0.1, -0.05) is 5.16 Å². The average Bonchev–Trinajstić information content (AvgIpc) is 3.08. The first-order valence-electron chi connectivity index (χ1n) is 7.86. The van der Waals surface area contributed by atoms with Gasteiger partial charge in [-0.3, -0.25) is 0 Å². The molecule has 7 heteroatoms. The summed E-state index contributed by atoms with van der Waals surface area (Å²) in [7, 11) is 1.60.